The van der Waals surface area contributed by atoms with Crippen LogP contribution in [-0.2, 0) is 6.42 Å². The number of hydrogen-bond acceptors (Lipinski definition) is 5. The van der Waals surface area contributed by atoms with Crippen molar-refractivity contribution in [1.82, 2.24) is 19.9 Å². The molecule has 0 aliphatic carbocycles. The Morgan fingerprint density at radius 1 is 0.750 bits per heavy atom. The summed E-state index contributed by atoms with van der Waals surface area (Å²) in [5.41, 5.74) is 4.48. The van der Waals surface area contributed by atoms with Crippen LogP contribution in [-0.4, -0.2) is 27.0 Å². The predicted octanol–water partition coefficient (Wildman–Crippen LogP) is 4.41. The highest BCUT2D eigenvalue weighted by atomic mass is 15.2. The van der Waals surface area contributed by atoms with E-state index in [1.165, 1.54) is 0 Å². The Morgan fingerprint density at radius 3 is 1.93 bits per heavy atom. The van der Waals surface area contributed by atoms with E-state index in [1.54, 1.807) is 18.6 Å². The van der Waals surface area contributed by atoms with E-state index < -0.39 is 0 Å². The molecule has 4 heterocycles. The second-order valence-corrected chi connectivity index (χ2v) is 6.59. The van der Waals surface area contributed by atoms with Crippen molar-refractivity contribution in [2.75, 3.05) is 11.9 Å². The summed E-state index contributed by atoms with van der Waals surface area (Å²) in [5.74, 6) is 1.07. The Balaban J connectivity index is 1.72. The third-order valence-electron chi connectivity index (χ3n) is 4.82. The van der Waals surface area contributed by atoms with E-state index in [2.05, 4.69) is 43.0 Å². The highest BCUT2D eigenvalue weighted by molar-refractivity contribution is 5.61. The lowest BCUT2D eigenvalue weighted by Gasteiger charge is -2.23. The Labute approximate surface area is 164 Å². The quantitative estimate of drug-likeness (QED) is 0.505. The number of anilines is 2. The average molecular weight is 367 g/mol. The maximum atomic E-state index is 4.66. The van der Waals surface area contributed by atoms with Gasteiger partial charge in [-0.1, -0.05) is 18.2 Å². The van der Waals surface area contributed by atoms with Gasteiger partial charge in [0, 0.05) is 50.1 Å². The molecule has 4 aromatic rings. The van der Waals surface area contributed by atoms with Gasteiger partial charge in [0.05, 0.1) is 11.9 Å². The molecule has 0 aliphatic rings. The van der Waals surface area contributed by atoms with Crippen LogP contribution in [0.15, 0.2) is 91.9 Å². The van der Waals surface area contributed by atoms with Gasteiger partial charge in [0.25, 0.3) is 0 Å². The molecule has 0 N–H and O–H groups in total. The fourth-order valence-corrected chi connectivity index (χ4v) is 3.38. The predicted molar refractivity (Wildman–Crippen MR) is 111 cm³/mol. The first kappa shape index (κ1) is 17.8. The van der Waals surface area contributed by atoms with Crippen molar-refractivity contribution in [2.45, 2.75) is 12.3 Å². The lowest BCUT2D eigenvalue weighted by molar-refractivity contribution is 0.789. The summed E-state index contributed by atoms with van der Waals surface area (Å²) in [7, 11) is 2.02. The Morgan fingerprint density at radius 2 is 1.36 bits per heavy atom. The van der Waals surface area contributed by atoms with Crippen molar-refractivity contribution in [3.63, 3.8) is 0 Å². The smallest absolute Gasteiger partial charge is 0.135 e. The third-order valence-corrected chi connectivity index (χ3v) is 4.82. The van der Waals surface area contributed by atoms with Gasteiger partial charge in [-0.25, -0.2) is 4.98 Å². The number of rotatable bonds is 6. The molecule has 0 saturated carbocycles. The Kier molecular flexibility index (Phi) is 5.33. The molecular weight excluding hydrogens is 346 g/mol. The summed E-state index contributed by atoms with van der Waals surface area (Å²) in [6.45, 7) is 0. The fraction of sp³-hybridized carbons (Fsp3) is 0.130. The van der Waals surface area contributed by atoms with E-state index in [0.717, 1.165) is 34.6 Å². The summed E-state index contributed by atoms with van der Waals surface area (Å²) in [6.07, 6.45) is 13.7. The van der Waals surface area contributed by atoms with Crippen molar-refractivity contribution >= 4 is 11.5 Å². The van der Waals surface area contributed by atoms with Crippen LogP contribution in [0.1, 0.15) is 22.6 Å². The minimum Gasteiger partial charge on any atom is -0.328 e. The van der Waals surface area contributed by atoms with Crippen molar-refractivity contribution in [1.29, 1.82) is 0 Å². The normalized spacial score (nSPS) is 10.8. The zero-order valence-corrected chi connectivity index (χ0v) is 15.7. The van der Waals surface area contributed by atoms with Gasteiger partial charge < -0.3 is 4.90 Å². The lowest BCUT2D eigenvalue weighted by Crippen LogP contribution is -2.15. The Hall–Kier alpha value is -3.60. The van der Waals surface area contributed by atoms with E-state index in [-0.39, 0.29) is 5.92 Å². The van der Waals surface area contributed by atoms with Crippen molar-refractivity contribution < 1.29 is 0 Å². The number of nitrogens with zero attached hydrogens (tertiary/aromatic N) is 5. The molecule has 4 aromatic heterocycles. The molecule has 5 nitrogen and oxygen atoms in total. The second-order valence-electron chi connectivity index (χ2n) is 6.59. The highest BCUT2D eigenvalue weighted by Crippen LogP contribution is 2.32. The van der Waals surface area contributed by atoms with Gasteiger partial charge in [0.1, 0.15) is 5.82 Å². The fourth-order valence-electron chi connectivity index (χ4n) is 3.38. The van der Waals surface area contributed by atoms with Gasteiger partial charge in [-0.3, -0.25) is 15.0 Å². The van der Waals surface area contributed by atoms with Crippen LogP contribution in [0.25, 0.3) is 0 Å². The number of aromatic nitrogens is 4. The van der Waals surface area contributed by atoms with E-state index in [0.29, 0.717) is 0 Å². The monoisotopic (exact) mass is 367 g/mol. The summed E-state index contributed by atoms with van der Waals surface area (Å²) in [5, 5.41) is 0. The highest BCUT2D eigenvalue weighted by Gasteiger charge is 2.19. The first-order chi connectivity index (χ1) is 13.8. The van der Waals surface area contributed by atoms with Crippen molar-refractivity contribution in [2.24, 2.45) is 0 Å². The summed E-state index contributed by atoms with van der Waals surface area (Å²) in [4.78, 5) is 19.6. The molecular formula is C23H21N5. The zero-order chi connectivity index (χ0) is 19.2. The molecule has 5 heteroatoms. The average Bonchev–Trinajstić information content (AvgIpc) is 2.79. The molecule has 0 spiro atoms. The Bertz CT molecular complexity index is 967. The van der Waals surface area contributed by atoms with Crippen LogP contribution in [0.2, 0.25) is 0 Å². The maximum absolute atomic E-state index is 4.66. The minimum atomic E-state index is 0.146. The summed E-state index contributed by atoms with van der Waals surface area (Å²) >= 11 is 0. The van der Waals surface area contributed by atoms with Crippen LogP contribution >= 0.6 is 0 Å². The molecule has 0 saturated heterocycles. The van der Waals surface area contributed by atoms with Crippen molar-refractivity contribution in [3.8, 4) is 0 Å². The molecule has 0 radical (unpaired) electrons. The van der Waals surface area contributed by atoms with E-state index in [1.807, 2.05) is 62.2 Å². The number of pyridine rings is 4. The molecule has 0 aromatic carbocycles. The maximum Gasteiger partial charge on any atom is 0.135 e. The molecule has 0 aliphatic heterocycles. The SMILES string of the molecule is CN(c1cccnc1)c1ncccc1CC(c1cccnc1)c1cccnc1. The molecule has 0 fully saturated rings. The largest absolute Gasteiger partial charge is 0.328 e. The number of hydrogen-bond donors (Lipinski definition) is 0. The molecule has 138 valence electrons. The van der Waals surface area contributed by atoms with Crippen LogP contribution in [0.3, 0.4) is 0 Å². The van der Waals surface area contributed by atoms with Gasteiger partial charge in [-0.05, 0) is 53.4 Å². The van der Waals surface area contributed by atoms with Crippen LogP contribution in [0.4, 0.5) is 11.5 Å². The molecule has 4 rings (SSSR count). The topological polar surface area (TPSA) is 54.8 Å². The molecule has 28 heavy (non-hydrogen) atoms. The van der Waals surface area contributed by atoms with Crippen LogP contribution in [0, 0.1) is 0 Å². The minimum absolute atomic E-state index is 0.146. The van der Waals surface area contributed by atoms with Gasteiger partial charge in [-0.15, -0.1) is 0 Å². The van der Waals surface area contributed by atoms with E-state index in [4.69, 9.17) is 0 Å². The van der Waals surface area contributed by atoms with Gasteiger partial charge in [-0.2, -0.15) is 0 Å². The lowest BCUT2D eigenvalue weighted by atomic mass is 9.87. The van der Waals surface area contributed by atoms with Gasteiger partial charge in [0.15, 0.2) is 0 Å². The molecule has 0 bridgehead atoms. The van der Waals surface area contributed by atoms with E-state index >= 15 is 0 Å². The first-order valence-corrected chi connectivity index (χ1v) is 9.20. The summed E-state index contributed by atoms with van der Waals surface area (Å²) in [6, 6.07) is 16.3. The summed E-state index contributed by atoms with van der Waals surface area (Å²) < 4.78 is 0. The van der Waals surface area contributed by atoms with Crippen LogP contribution in [0.5, 0.6) is 0 Å². The second kappa shape index (κ2) is 8.39. The molecule has 0 atom stereocenters. The van der Waals surface area contributed by atoms with Gasteiger partial charge >= 0.3 is 0 Å². The van der Waals surface area contributed by atoms with Gasteiger partial charge in [0.2, 0.25) is 0 Å². The first-order valence-electron chi connectivity index (χ1n) is 9.20. The van der Waals surface area contributed by atoms with Crippen molar-refractivity contribution in [3.05, 3.63) is 109 Å². The molecule has 0 unspecified atom stereocenters. The standard InChI is InChI=1S/C23H21N5/c1-28(21-9-5-12-26-17-21)23-18(6-4-13-27-23)14-22(19-7-2-10-24-15-19)20-8-3-11-25-16-20/h2-13,15-17,22H,14H2,1H3. The third kappa shape index (κ3) is 3.88. The molecule has 0 amide bonds. The van der Waals surface area contributed by atoms with E-state index in [9.17, 15) is 0 Å². The van der Waals surface area contributed by atoms with Crippen LogP contribution < -0.4 is 4.90 Å². The zero-order valence-electron chi connectivity index (χ0n) is 15.7.